The summed E-state index contributed by atoms with van der Waals surface area (Å²) in [6.45, 7) is 1.95. The van der Waals surface area contributed by atoms with Crippen molar-refractivity contribution >= 4 is 5.78 Å². The van der Waals surface area contributed by atoms with Gasteiger partial charge in [0.05, 0.1) is 0 Å². The average Bonchev–Trinajstić information content (AvgIpc) is 2.41. The Labute approximate surface area is 61.1 Å². The van der Waals surface area contributed by atoms with Crippen molar-refractivity contribution in [3.05, 3.63) is 11.6 Å². The van der Waals surface area contributed by atoms with Gasteiger partial charge in [0.1, 0.15) is 0 Å². The van der Waals surface area contributed by atoms with Gasteiger partial charge in [-0.3, -0.25) is 4.79 Å². The molecule has 0 aromatic rings. The van der Waals surface area contributed by atoms with Crippen molar-refractivity contribution in [3.63, 3.8) is 0 Å². The molecule has 1 nitrogen and oxygen atoms in total. The van der Waals surface area contributed by atoms with Crippen molar-refractivity contribution in [1.82, 2.24) is 0 Å². The maximum atomic E-state index is 11.3. The first kappa shape index (κ1) is 6.14. The Balaban J connectivity index is 2.28. The quantitative estimate of drug-likeness (QED) is 0.497. The summed E-state index contributed by atoms with van der Waals surface area (Å²) in [5.41, 5.74) is 1.01. The van der Waals surface area contributed by atoms with E-state index < -0.39 is 0 Å². The van der Waals surface area contributed by atoms with E-state index >= 15 is 0 Å². The van der Waals surface area contributed by atoms with Gasteiger partial charge in [0, 0.05) is 5.92 Å². The molecule has 2 rings (SSSR count). The Hall–Kier alpha value is -0.590. The first-order valence-corrected chi connectivity index (χ1v) is 4.01. The first-order valence-electron chi connectivity index (χ1n) is 4.01. The lowest BCUT2D eigenvalue weighted by atomic mass is 9.99. The van der Waals surface area contributed by atoms with Crippen molar-refractivity contribution < 1.29 is 4.79 Å². The number of hydrogen-bond acceptors (Lipinski definition) is 1. The molecule has 0 radical (unpaired) electrons. The molecule has 2 aliphatic carbocycles. The van der Waals surface area contributed by atoms with Crippen LogP contribution in [0.4, 0.5) is 0 Å². The van der Waals surface area contributed by atoms with Crippen LogP contribution < -0.4 is 0 Å². The second-order valence-corrected chi connectivity index (χ2v) is 3.42. The van der Waals surface area contributed by atoms with E-state index in [0.717, 1.165) is 12.0 Å². The lowest BCUT2D eigenvalue weighted by molar-refractivity contribution is -0.118. The minimum absolute atomic E-state index is 0.389. The standard InChI is InChI=1S/C9H12O/c1-6-5-7-3-2-4-8(7)9(6)10/h5,7-8H,2-4H2,1H3. The number of fused-ring (bicyclic) bond motifs is 1. The highest BCUT2D eigenvalue weighted by molar-refractivity contribution is 5.99. The zero-order chi connectivity index (χ0) is 7.14. The van der Waals surface area contributed by atoms with E-state index in [2.05, 4.69) is 6.08 Å². The van der Waals surface area contributed by atoms with Crippen LogP contribution in [0.1, 0.15) is 26.2 Å². The van der Waals surface area contributed by atoms with Gasteiger partial charge < -0.3 is 0 Å². The number of hydrogen-bond donors (Lipinski definition) is 0. The Morgan fingerprint density at radius 1 is 1.50 bits per heavy atom. The smallest absolute Gasteiger partial charge is 0.161 e. The summed E-state index contributed by atoms with van der Waals surface area (Å²) in [7, 11) is 0. The molecule has 0 saturated heterocycles. The van der Waals surface area contributed by atoms with E-state index in [1.165, 1.54) is 12.8 Å². The third kappa shape index (κ3) is 0.664. The van der Waals surface area contributed by atoms with E-state index in [-0.39, 0.29) is 0 Å². The topological polar surface area (TPSA) is 17.1 Å². The molecule has 0 aromatic carbocycles. The van der Waals surface area contributed by atoms with Gasteiger partial charge >= 0.3 is 0 Å². The van der Waals surface area contributed by atoms with Crippen LogP contribution in [0, 0.1) is 11.8 Å². The van der Waals surface area contributed by atoms with Crippen LogP contribution in [0.3, 0.4) is 0 Å². The fraction of sp³-hybridized carbons (Fsp3) is 0.667. The van der Waals surface area contributed by atoms with Gasteiger partial charge in [-0.05, 0) is 31.3 Å². The van der Waals surface area contributed by atoms with Crippen molar-refractivity contribution in [2.75, 3.05) is 0 Å². The van der Waals surface area contributed by atoms with Gasteiger partial charge in [0.15, 0.2) is 5.78 Å². The molecule has 0 aliphatic heterocycles. The number of carbonyl (C=O) groups is 1. The van der Waals surface area contributed by atoms with Gasteiger partial charge in [-0.25, -0.2) is 0 Å². The second-order valence-electron chi connectivity index (χ2n) is 3.42. The summed E-state index contributed by atoms with van der Waals surface area (Å²) < 4.78 is 0. The number of Topliss-reactive ketones (excluding diaryl/α,β-unsaturated/α-hetero) is 1. The Morgan fingerprint density at radius 2 is 2.30 bits per heavy atom. The van der Waals surface area contributed by atoms with Gasteiger partial charge in [-0.2, -0.15) is 0 Å². The van der Waals surface area contributed by atoms with E-state index in [1.54, 1.807) is 0 Å². The number of rotatable bonds is 0. The molecule has 0 amide bonds. The highest BCUT2D eigenvalue weighted by Gasteiger charge is 2.36. The molecule has 1 saturated carbocycles. The van der Waals surface area contributed by atoms with Crippen molar-refractivity contribution in [2.24, 2.45) is 11.8 Å². The Morgan fingerprint density at radius 3 is 3.00 bits per heavy atom. The van der Waals surface area contributed by atoms with Crippen LogP contribution in [0.2, 0.25) is 0 Å². The molecule has 2 unspecified atom stereocenters. The molecule has 0 heterocycles. The monoisotopic (exact) mass is 136 g/mol. The lowest BCUT2D eigenvalue weighted by Crippen LogP contribution is -2.10. The van der Waals surface area contributed by atoms with Crippen LogP contribution >= 0.6 is 0 Å². The summed E-state index contributed by atoms with van der Waals surface area (Å²) >= 11 is 0. The highest BCUT2D eigenvalue weighted by atomic mass is 16.1. The molecule has 54 valence electrons. The first-order chi connectivity index (χ1) is 4.79. The van der Waals surface area contributed by atoms with Crippen LogP contribution in [0.15, 0.2) is 11.6 Å². The predicted octanol–water partition coefficient (Wildman–Crippen LogP) is 1.93. The third-order valence-electron chi connectivity index (χ3n) is 2.76. The van der Waals surface area contributed by atoms with Gasteiger partial charge in [0.25, 0.3) is 0 Å². The molecular formula is C9H12O. The lowest BCUT2D eigenvalue weighted by Gasteiger charge is -2.03. The summed E-state index contributed by atoms with van der Waals surface area (Å²) in [6.07, 6.45) is 5.80. The minimum atomic E-state index is 0.389. The second kappa shape index (κ2) is 1.94. The fourth-order valence-electron chi connectivity index (χ4n) is 2.21. The molecule has 10 heavy (non-hydrogen) atoms. The average molecular weight is 136 g/mol. The molecule has 1 fully saturated rings. The molecule has 2 atom stereocenters. The Bertz CT molecular complexity index is 203. The maximum absolute atomic E-state index is 11.3. The zero-order valence-electron chi connectivity index (χ0n) is 6.26. The minimum Gasteiger partial charge on any atom is -0.294 e. The van der Waals surface area contributed by atoms with Crippen molar-refractivity contribution in [1.29, 1.82) is 0 Å². The molecule has 2 aliphatic rings. The van der Waals surface area contributed by atoms with Crippen LogP contribution in [-0.2, 0) is 4.79 Å². The molecular weight excluding hydrogens is 124 g/mol. The van der Waals surface area contributed by atoms with Crippen molar-refractivity contribution in [2.45, 2.75) is 26.2 Å². The summed E-state index contributed by atoms with van der Waals surface area (Å²) in [5, 5.41) is 0. The third-order valence-corrected chi connectivity index (χ3v) is 2.76. The largest absolute Gasteiger partial charge is 0.294 e. The predicted molar refractivity (Wildman–Crippen MR) is 39.6 cm³/mol. The SMILES string of the molecule is CC1=CC2CCCC2C1=O. The van der Waals surface area contributed by atoms with Crippen molar-refractivity contribution in [3.8, 4) is 0 Å². The molecule has 1 heteroatoms. The summed E-state index contributed by atoms with van der Waals surface area (Å²) in [5.74, 6) is 1.43. The van der Waals surface area contributed by atoms with E-state index in [1.807, 2.05) is 6.92 Å². The van der Waals surface area contributed by atoms with E-state index in [4.69, 9.17) is 0 Å². The number of ketones is 1. The van der Waals surface area contributed by atoms with Crippen LogP contribution in [0.5, 0.6) is 0 Å². The molecule has 0 N–H and O–H groups in total. The van der Waals surface area contributed by atoms with E-state index in [9.17, 15) is 4.79 Å². The van der Waals surface area contributed by atoms with E-state index in [0.29, 0.717) is 17.6 Å². The fourth-order valence-corrected chi connectivity index (χ4v) is 2.21. The summed E-state index contributed by atoms with van der Waals surface area (Å²) in [6, 6.07) is 0. The molecule has 0 aromatic heterocycles. The molecule has 0 spiro atoms. The number of allylic oxidation sites excluding steroid dienone is 2. The molecule has 0 bridgehead atoms. The van der Waals surface area contributed by atoms with Gasteiger partial charge in [0.2, 0.25) is 0 Å². The normalized spacial score (nSPS) is 38.1. The van der Waals surface area contributed by atoms with Gasteiger partial charge in [-0.15, -0.1) is 0 Å². The summed E-state index contributed by atoms with van der Waals surface area (Å²) in [4.78, 5) is 11.3. The number of carbonyl (C=O) groups excluding carboxylic acids is 1. The maximum Gasteiger partial charge on any atom is 0.161 e. The van der Waals surface area contributed by atoms with Gasteiger partial charge in [-0.1, -0.05) is 12.5 Å². The Kier molecular flexibility index (Phi) is 1.19. The van der Waals surface area contributed by atoms with Crippen LogP contribution in [0.25, 0.3) is 0 Å². The zero-order valence-corrected chi connectivity index (χ0v) is 6.26. The van der Waals surface area contributed by atoms with Crippen LogP contribution in [-0.4, -0.2) is 5.78 Å². The highest BCUT2D eigenvalue weighted by Crippen LogP contribution is 2.39.